The summed E-state index contributed by atoms with van der Waals surface area (Å²) in [5, 5.41) is 12.6. The molecule has 28 heavy (non-hydrogen) atoms. The van der Waals surface area contributed by atoms with Crippen molar-refractivity contribution in [2.45, 2.75) is 13.3 Å². The van der Waals surface area contributed by atoms with Gasteiger partial charge < -0.3 is 9.30 Å². The number of esters is 1. The number of nitrogens with zero attached hydrogens (tertiary/aromatic N) is 2. The van der Waals surface area contributed by atoms with Crippen LogP contribution in [-0.4, -0.2) is 17.1 Å². The monoisotopic (exact) mass is 368 g/mol. The van der Waals surface area contributed by atoms with Crippen LogP contribution >= 0.6 is 0 Å². The highest BCUT2D eigenvalue weighted by Gasteiger charge is 2.23. The summed E-state index contributed by atoms with van der Waals surface area (Å²) < 4.78 is 7.21. The smallest absolute Gasteiger partial charge is 0.355 e. The van der Waals surface area contributed by atoms with Gasteiger partial charge in [-0.25, -0.2) is 4.79 Å². The van der Waals surface area contributed by atoms with E-state index >= 15 is 0 Å². The standard InChI is InChI=1S/C24H20N2O2/c1-3-28-24(27)23-21(20-13-16(15-25)11-12-22(20)26(23)2)14-18-9-6-8-17-7-4-5-10-19(17)18/h4-13H,3,14H2,1-2H3. The van der Waals surface area contributed by atoms with Gasteiger partial charge in [0.15, 0.2) is 0 Å². The number of benzene rings is 3. The van der Waals surface area contributed by atoms with Crippen molar-refractivity contribution < 1.29 is 9.53 Å². The van der Waals surface area contributed by atoms with Gasteiger partial charge in [0.05, 0.1) is 18.2 Å². The summed E-state index contributed by atoms with van der Waals surface area (Å²) in [4.78, 5) is 12.8. The molecule has 4 rings (SSSR count). The van der Waals surface area contributed by atoms with Crippen molar-refractivity contribution in [2.24, 2.45) is 7.05 Å². The van der Waals surface area contributed by atoms with Gasteiger partial charge in [0.25, 0.3) is 0 Å². The Kier molecular flexibility index (Phi) is 4.58. The maximum absolute atomic E-state index is 12.8. The highest BCUT2D eigenvalue weighted by atomic mass is 16.5. The van der Waals surface area contributed by atoms with Crippen LogP contribution in [0.4, 0.5) is 0 Å². The molecule has 1 aromatic heterocycles. The average Bonchev–Trinajstić information content (AvgIpc) is 2.99. The normalized spacial score (nSPS) is 10.9. The quantitative estimate of drug-likeness (QED) is 0.478. The number of carbonyl (C=O) groups is 1. The second-order valence-electron chi connectivity index (χ2n) is 6.77. The Bertz CT molecular complexity index is 1240. The Morgan fingerprint density at radius 2 is 1.86 bits per heavy atom. The van der Waals surface area contributed by atoms with Crippen molar-refractivity contribution in [3.63, 3.8) is 0 Å². The Hall–Kier alpha value is -3.58. The lowest BCUT2D eigenvalue weighted by Crippen LogP contribution is -2.12. The number of fused-ring (bicyclic) bond motifs is 2. The summed E-state index contributed by atoms with van der Waals surface area (Å²) in [5.74, 6) is -0.338. The van der Waals surface area contributed by atoms with Crippen LogP contribution in [-0.2, 0) is 18.2 Å². The van der Waals surface area contributed by atoms with Crippen LogP contribution in [0.1, 0.15) is 34.1 Å². The molecule has 4 heteroatoms. The zero-order valence-electron chi connectivity index (χ0n) is 15.9. The molecule has 0 spiro atoms. The number of aryl methyl sites for hydroxylation is 1. The van der Waals surface area contributed by atoms with Crippen LogP contribution in [0.2, 0.25) is 0 Å². The number of nitriles is 1. The second kappa shape index (κ2) is 7.21. The first-order valence-corrected chi connectivity index (χ1v) is 9.29. The largest absolute Gasteiger partial charge is 0.461 e. The van der Waals surface area contributed by atoms with Crippen LogP contribution in [0.5, 0.6) is 0 Å². The zero-order valence-corrected chi connectivity index (χ0v) is 15.9. The molecule has 0 aliphatic carbocycles. The topological polar surface area (TPSA) is 55.0 Å². The van der Waals surface area contributed by atoms with Gasteiger partial charge in [0.1, 0.15) is 5.69 Å². The van der Waals surface area contributed by atoms with Gasteiger partial charge >= 0.3 is 5.97 Å². The third-order valence-electron chi connectivity index (χ3n) is 5.15. The first-order chi connectivity index (χ1) is 13.6. The molecule has 0 fully saturated rings. The first kappa shape index (κ1) is 17.8. The summed E-state index contributed by atoms with van der Waals surface area (Å²) in [7, 11) is 1.87. The van der Waals surface area contributed by atoms with E-state index in [1.165, 1.54) is 0 Å². The van der Waals surface area contributed by atoms with Crippen molar-refractivity contribution in [1.82, 2.24) is 4.57 Å². The fourth-order valence-electron chi connectivity index (χ4n) is 3.87. The van der Waals surface area contributed by atoms with E-state index in [1.807, 2.05) is 41.9 Å². The third kappa shape index (κ3) is 2.91. The number of carbonyl (C=O) groups excluding carboxylic acids is 1. The number of hydrogen-bond donors (Lipinski definition) is 0. The lowest BCUT2D eigenvalue weighted by atomic mass is 9.96. The van der Waals surface area contributed by atoms with Crippen molar-refractivity contribution in [1.29, 1.82) is 5.26 Å². The van der Waals surface area contributed by atoms with E-state index in [1.54, 1.807) is 13.0 Å². The summed E-state index contributed by atoms with van der Waals surface area (Å²) in [6, 6.07) is 22.2. The molecule has 3 aromatic carbocycles. The fraction of sp³-hybridized carbons (Fsp3) is 0.167. The SMILES string of the molecule is CCOC(=O)c1c(Cc2cccc3ccccc23)c2cc(C#N)ccc2n1C. The van der Waals surface area contributed by atoms with Crippen molar-refractivity contribution >= 4 is 27.6 Å². The van der Waals surface area contributed by atoms with E-state index in [2.05, 4.69) is 30.3 Å². The maximum atomic E-state index is 12.8. The van der Waals surface area contributed by atoms with E-state index in [0.717, 1.165) is 32.8 Å². The summed E-state index contributed by atoms with van der Waals surface area (Å²) in [6.07, 6.45) is 0.585. The van der Waals surface area contributed by atoms with Crippen LogP contribution < -0.4 is 0 Å². The minimum Gasteiger partial charge on any atom is -0.461 e. The second-order valence-corrected chi connectivity index (χ2v) is 6.77. The molecular weight excluding hydrogens is 348 g/mol. The highest BCUT2D eigenvalue weighted by Crippen LogP contribution is 2.31. The molecule has 0 atom stereocenters. The van der Waals surface area contributed by atoms with E-state index in [-0.39, 0.29) is 5.97 Å². The molecule has 1 heterocycles. The predicted octanol–water partition coefficient (Wildman–Crippen LogP) is 4.97. The molecule has 0 unspecified atom stereocenters. The molecule has 4 aromatic rings. The number of rotatable bonds is 4. The van der Waals surface area contributed by atoms with Gasteiger partial charge in [-0.2, -0.15) is 5.26 Å². The summed E-state index contributed by atoms with van der Waals surface area (Å²) in [6.45, 7) is 2.12. The minimum absolute atomic E-state index is 0.317. The molecule has 0 bridgehead atoms. The number of aromatic nitrogens is 1. The zero-order chi connectivity index (χ0) is 19.7. The Morgan fingerprint density at radius 1 is 1.07 bits per heavy atom. The van der Waals surface area contributed by atoms with Gasteiger partial charge in [-0.15, -0.1) is 0 Å². The molecule has 0 saturated carbocycles. The lowest BCUT2D eigenvalue weighted by Gasteiger charge is -2.10. The fourth-order valence-corrected chi connectivity index (χ4v) is 3.87. The van der Waals surface area contributed by atoms with E-state index < -0.39 is 0 Å². The lowest BCUT2D eigenvalue weighted by molar-refractivity contribution is 0.0514. The molecule has 0 N–H and O–H groups in total. The van der Waals surface area contributed by atoms with Crippen LogP contribution in [0.15, 0.2) is 60.7 Å². The molecule has 0 amide bonds. The Balaban J connectivity index is 1.97. The molecule has 0 radical (unpaired) electrons. The van der Waals surface area contributed by atoms with Gasteiger partial charge in [0, 0.05) is 24.4 Å². The van der Waals surface area contributed by atoms with E-state index in [9.17, 15) is 10.1 Å². The van der Waals surface area contributed by atoms with Crippen LogP contribution in [0.3, 0.4) is 0 Å². The minimum atomic E-state index is -0.338. The molecule has 4 nitrogen and oxygen atoms in total. The van der Waals surface area contributed by atoms with Gasteiger partial charge in [-0.1, -0.05) is 42.5 Å². The Labute approximate surface area is 163 Å². The number of hydrogen-bond acceptors (Lipinski definition) is 3. The van der Waals surface area contributed by atoms with E-state index in [4.69, 9.17) is 4.74 Å². The van der Waals surface area contributed by atoms with Crippen molar-refractivity contribution in [3.05, 3.63) is 83.0 Å². The average molecular weight is 368 g/mol. The number of ether oxygens (including phenoxy) is 1. The summed E-state index contributed by atoms with van der Waals surface area (Å²) in [5.41, 5.74) is 4.06. The molecule has 138 valence electrons. The van der Waals surface area contributed by atoms with Gasteiger partial charge in [0.2, 0.25) is 0 Å². The molecular formula is C24H20N2O2. The summed E-state index contributed by atoms with van der Waals surface area (Å²) >= 11 is 0. The van der Waals surface area contributed by atoms with Crippen LogP contribution in [0, 0.1) is 11.3 Å². The third-order valence-corrected chi connectivity index (χ3v) is 5.15. The van der Waals surface area contributed by atoms with Crippen molar-refractivity contribution in [3.8, 4) is 6.07 Å². The maximum Gasteiger partial charge on any atom is 0.355 e. The first-order valence-electron chi connectivity index (χ1n) is 9.29. The Morgan fingerprint density at radius 3 is 2.64 bits per heavy atom. The van der Waals surface area contributed by atoms with Crippen molar-refractivity contribution in [2.75, 3.05) is 6.61 Å². The predicted molar refractivity (Wildman–Crippen MR) is 110 cm³/mol. The van der Waals surface area contributed by atoms with Crippen LogP contribution in [0.25, 0.3) is 21.7 Å². The molecule has 0 aliphatic heterocycles. The molecule has 0 saturated heterocycles. The van der Waals surface area contributed by atoms with Gasteiger partial charge in [-0.05, 0) is 47.0 Å². The van der Waals surface area contributed by atoms with E-state index in [0.29, 0.717) is 24.3 Å². The molecule has 0 aliphatic rings. The van der Waals surface area contributed by atoms with Gasteiger partial charge in [-0.3, -0.25) is 0 Å². The highest BCUT2D eigenvalue weighted by molar-refractivity contribution is 6.00.